The average molecular weight is 1130 g/mol. The second-order valence-corrected chi connectivity index (χ2v) is 19.5. The lowest BCUT2D eigenvalue weighted by atomic mass is 9.94. The van der Waals surface area contributed by atoms with Crippen LogP contribution in [0.25, 0.3) is 0 Å². The number of carboxylic acid groups (broad SMARTS) is 5. The van der Waals surface area contributed by atoms with Gasteiger partial charge in [-0.25, -0.2) is 9.59 Å². The van der Waals surface area contributed by atoms with Crippen LogP contribution in [-0.2, 0) is 71.7 Å². The first-order valence-electron chi connectivity index (χ1n) is 28.1. The fourth-order valence-electron chi connectivity index (χ4n) is 8.07. The van der Waals surface area contributed by atoms with Crippen molar-refractivity contribution in [2.45, 2.75) is 198 Å². The Morgan fingerprint density at radius 1 is 0.354 bits per heavy atom. The summed E-state index contributed by atoms with van der Waals surface area (Å²) < 4.78 is 21.3. The van der Waals surface area contributed by atoms with Crippen LogP contribution in [0.4, 0.5) is 0 Å². The van der Waals surface area contributed by atoms with E-state index in [4.69, 9.17) is 29.2 Å². The molecule has 0 saturated carbocycles. The average Bonchev–Trinajstić information content (AvgIpc) is 3.39. The molecule has 0 aromatic heterocycles. The van der Waals surface area contributed by atoms with Crippen LogP contribution in [0.3, 0.4) is 0 Å². The lowest BCUT2D eigenvalue weighted by molar-refractivity contribution is -0.145. The zero-order chi connectivity index (χ0) is 58.9. The highest BCUT2D eigenvalue weighted by atomic mass is 16.5. The molecule has 25 nitrogen and oxygen atoms in total. The van der Waals surface area contributed by atoms with Gasteiger partial charge in [-0.1, -0.05) is 77.0 Å². The van der Waals surface area contributed by atoms with E-state index >= 15 is 0 Å². The van der Waals surface area contributed by atoms with Crippen molar-refractivity contribution in [1.29, 1.82) is 0 Å². The minimum absolute atomic E-state index is 0.00326. The van der Waals surface area contributed by atoms with Gasteiger partial charge in [0.1, 0.15) is 42.9 Å². The number of unbranched alkanes of at least 4 members (excludes halogenated alkanes) is 14. The lowest BCUT2D eigenvalue weighted by Crippen LogP contribution is -2.43. The van der Waals surface area contributed by atoms with E-state index < -0.39 is 90.4 Å². The highest BCUT2D eigenvalue weighted by Crippen LogP contribution is 2.17. The minimum Gasteiger partial charge on any atom is -0.481 e. The quantitative estimate of drug-likeness (QED) is 0.0385. The predicted molar refractivity (Wildman–Crippen MR) is 287 cm³/mol. The van der Waals surface area contributed by atoms with Crippen LogP contribution in [0.5, 0.6) is 0 Å². The third-order valence-corrected chi connectivity index (χ3v) is 12.7. The summed E-state index contributed by atoms with van der Waals surface area (Å²) in [4.78, 5) is 131. The Bertz CT molecular complexity index is 1790. The molecular formula is C54H93N5O20. The minimum atomic E-state index is -1.45. The Hall–Kier alpha value is -5.63. The molecule has 0 heterocycles. The second kappa shape index (κ2) is 49.4. The molecule has 0 unspecified atom stereocenters. The molecule has 0 rings (SSSR count). The number of amides is 4. The summed E-state index contributed by atoms with van der Waals surface area (Å²) in [6.45, 7) is 0.346. The van der Waals surface area contributed by atoms with Crippen molar-refractivity contribution >= 4 is 65.0 Å². The molecule has 4 atom stereocenters. The monoisotopic (exact) mass is 1130 g/mol. The Morgan fingerprint density at radius 2 is 0.823 bits per heavy atom. The first-order chi connectivity index (χ1) is 37.9. The Labute approximate surface area is 464 Å². The second-order valence-electron chi connectivity index (χ2n) is 19.5. The van der Waals surface area contributed by atoms with Crippen molar-refractivity contribution in [3.8, 4) is 0 Å². The maximum Gasteiger partial charge on any atom is 0.326 e. The number of hydrogen-bond donors (Lipinski definition) is 10. The fraction of sp³-hybridized carbons (Fsp3) is 0.796. The van der Waals surface area contributed by atoms with Gasteiger partial charge in [0.2, 0.25) is 23.6 Å². The maximum absolute atomic E-state index is 12.6. The summed E-state index contributed by atoms with van der Waals surface area (Å²) >= 11 is 0. The molecular weight excluding hydrogens is 1040 g/mol. The molecule has 0 fully saturated rings. The predicted octanol–water partition coefficient (Wildman–Crippen LogP) is 3.94. The number of nitrogens with one attached hydrogen (secondary N) is 5. The number of likely N-dealkylation sites (N-methyl/N-ethyl adjacent to an activating group) is 1. The summed E-state index contributed by atoms with van der Waals surface area (Å²) in [7, 11) is 1.54. The number of ether oxygens (including phenoxy) is 4. The van der Waals surface area contributed by atoms with E-state index in [9.17, 15) is 68.1 Å². The summed E-state index contributed by atoms with van der Waals surface area (Å²) in [5, 5.41) is 59.1. The van der Waals surface area contributed by atoms with Crippen LogP contribution >= 0.6 is 0 Å². The van der Waals surface area contributed by atoms with Gasteiger partial charge in [0, 0.05) is 64.6 Å². The van der Waals surface area contributed by atoms with E-state index in [1.54, 1.807) is 0 Å². The first-order valence-corrected chi connectivity index (χ1v) is 28.1. The number of carbonyl (C=O) groups is 11. The molecule has 0 radical (unpaired) electrons. The van der Waals surface area contributed by atoms with E-state index in [1.165, 1.54) is 39.2 Å². The van der Waals surface area contributed by atoms with Gasteiger partial charge in [-0.2, -0.15) is 0 Å². The van der Waals surface area contributed by atoms with Crippen molar-refractivity contribution < 1.29 is 97.2 Å². The molecule has 79 heavy (non-hydrogen) atoms. The maximum atomic E-state index is 12.6. The van der Waals surface area contributed by atoms with Crippen LogP contribution in [0.2, 0.25) is 0 Å². The number of ketones is 2. The van der Waals surface area contributed by atoms with E-state index in [0.29, 0.717) is 32.1 Å². The van der Waals surface area contributed by atoms with Crippen molar-refractivity contribution in [3.05, 3.63) is 0 Å². The molecule has 454 valence electrons. The highest BCUT2D eigenvalue weighted by molar-refractivity contribution is 5.87. The van der Waals surface area contributed by atoms with Gasteiger partial charge < -0.3 is 71.1 Å². The van der Waals surface area contributed by atoms with E-state index in [2.05, 4.69) is 26.6 Å². The summed E-state index contributed by atoms with van der Waals surface area (Å²) in [5.74, 6) is -9.41. The molecule has 0 aliphatic rings. The lowest BCUT2D eigenvalue weighted by Gasteiger charge is -2.15. The zero-order valence-corrected chi connectivity index (χ0v) is 46.5. The number of carboxylic acids is 5. The molecule has 0 saturated heterocycles. The van der Waals surface area contributed by atoms with Crippen LogP contribution in [0.1, 0.15) is 180 Å². The number of carbonyl (C=O) groups excluding carboxylic acids is 6. The molecule has 4 amide bonds. The molecule has 10 N–H and O–H groups in total. The number of Topliss-reactive ketones (excluding diaryl/α,β-unsaturated/α-hetero) is 2. The van der Waals surface area contributed by atoms with Gasteiger partial charge in [-0.3, -0.25) is 43.2 Å². The summed E-state index contributed by atoms with van der Waals surface area (Å²) in [5.41, 5.74) is 0. The largest absolute Gasteiger partial charge is 0.481 e. The molecule has 0 spiro atoms. The van der Waals surface area contributed by atoms with Gasteiger partial charge in [0.25, 0.3) is 0 Å². The Kier molecular flexibility index (Phi) is 45.9. The van der Waals surface area contributed by atoms with Crippen molar-refractivity contribution in [2.75, 3.05) is 73.0 Å². The third-order valence-electron chi connectivity index (χ3n) is 12.7. The Balaban J connectivity index is 3.97. The normalized spacial score (nSPS) is 12.6. The molecule has 0 aromatic carbocycles. The zero-order valence-electron chi connectivity index (χ0n) is 46.5. The van der Waals surface area contributed by atoms with Crippen LogP contribution in [0.15, 0.2) is 0 Å². The SMILES string of the molecule is CN[C@H](CCCCNC(=O)CC[C@H](CC(=O)CC[C@H](NC(=O)COCCOCCNC(=O)COCCOCCCC(=O)CC[C@H](NC(=O)CCCCCCCCCCCCCCCCC(=O)O)C(=O)O)C(=O)O)C(=O)O)C(=O)O. The molecule has 0 aromatic rings. The van der Waals surface area contributed by atoms with Crippen molar-refractivity contribution in [1.82, 2.24) is 26.6 Å². The Morgan fingerprint density at radius 3 is 1.34 bits per heavy atom. The molecule has 25 heteroatoms. The number of hydrogen-bond acceptors (Lipinski definition) is 16. The molecule has 0 bridgehead atoms. The highest BCUT2D eigenvalue weighted by Gasteiger charge is 2.26. The van der Waals surface area contributed by atoms with Crippen LogP contribution in [0, 0.1) is 5.92 Å². The van der Waals surface area contributed by atoms with E-state index in [0.717, 1.165) is 51.4 Å². The van der Waals surface area contributed by atoms with Gasteiger partial charge in [-0.15, -0.1) is 0 Å². The smallest absolute Gasteiger partial charge is 0.326 e. The molecule has 0 aliphatic heterocycles. The number of rotatable bonds is 57. The van der Waals surface area contributed by atoms with Gasteiger partial charge >= 0.3 is 29.8 Å². The third kappa shape index (κ3) is 45.9. The topological polar surface area (TPSA) is 386 Å². The summed E-state index contributed by atoms with van der Waals surface area (Å²) in [6.07, 6.45) is 16.0. The van der Waals surface area contributed by atoms with E-state index in [-0.39, 0.29) is 129 Å². The number of aliphatic carboxylic acids is 5. The van der Waals surface area contributed by atoms with E-state index in [1.807, 2.05) is 0 Å². The van der Waals surface area contributed by atoms with Crippen LogP contribution < -0.4 is 26.6 Å². The standard InChI is InChI=1S/C54H93N5O20/c1-55-43(52(70)71)20-16-17-29-56-46(62)28-23-40(51(68)69)37-42(61)25-27-45(54(74)75)59-49(65)39-79-36-34-77-32-30-57-48(64)38-78-35-33-76-31-18-19-41(60)24-26-44(53(72)73)58-47(63)21-14-12-10-8-6-4-2-3-5-7-9-11-13-15-22-50(66)67/h40,43-45,55H,2-39H2,1H3,(H,56,62)(H,57,64)(H,58,63)(H,59,65)(H,66,67)(H,68,69)(H,70,71)(H,72,73)(H,74,75)/t40-,43-,44+,45+/m1/s1. The van der Waals surface area contributed by atoms with Gasteiger partial charge in [-0.05, 0) is 64.8 Å². The van der Waals surface area contributed by atoms with Crippen LogP contribution in [-0.4, -0.2) is 182 Å². The summed E-state index contributed by atoms with van der Waals surface area (Å²) in [6, 6.07) is -3.28. The van der Waals surface area contributed by atoms with Crippen molar-refractivity contribution in [3.63, 3.8) is 0 Å². The van der Waals surface area contributed by atoms with Gasteiger partial charge in [0.05, 0.1) is 39.0 Å². The van der Waals surface area contributed by atoms with Crippen molar-refractivity contribution in [2.24, 2.45) is 5.92 Å². The van der Waals surface area contributed by atoms with Gasteiger partial charge in [0.15, 0.2) is 0 Å². The fourth-order valence-corrected chi connectivity index (χ4v) is 8.07. The first kappa shape index (κ1) is 73.4. The molecule has 0 aliphatic carbocycles.